The molecule has 154 valence electrons. The van der Waals surface area contributed by atoms with E-state index in [4.69, 9.17) is 4.74 Å². The van der Waals surface area contributed by atoms with Gasteiger partial charge in [-0.3, -0.25) is 4.79 Å². The van der Waals surface area contributed by atoms with Crippen LogP contribution in [0.15, 0.2) is 73.2 Å². The van der Waals surface area contributed by atoms with Gasteiger partial charge in [-0.1, -0.05) is 24.3 Å². The second-order valence-electron chi connectivity index (χ2n) is 7.11. The van der Waals surface area contributed by atoms with Crippen molar-refractivity contribution >= 4 is 5.91 Å². The Bertz CT molecular complexity index is 1260. The van der Waals surface area contributed by atoms with Gasteiger partial charge in [0.15, 0.2) is 5.82 Å². The molecule has 0 bridgehead atoms. The fourth-order valence-electron chi connectivity index (χ4n) is 3.58. The normalized spacial score (nSPS) is 12.8. The predicted molar refractivity (Wildman–Crippen MR) is 108 cm³/mol. The van der Waals surface area contributed by atoms with E-state index in [0.29, 0.717) is 24.7 Å². The zero-order valence-electron chi connectivity index (χ0n) is 16.2. The molecular weight excluding hydrogens is 402 g/mol. The maximum atomic E-state index is 14.0. The molecule has 8 heteroatoms. The molecule has 0 atom stereocenters. The minimum atomic E-state index is -0.933. The third-order valence-electron chi connectivity index (χ3n) is 5.03. The number of hydrogen-bond donors (Lipinski definition) is 0. The van der Waals surface area contributed by atoms with Crippen molar-refractivity contribution in [2.75, 3.05) is 0 Å². The van der Waals surface area contributed by atoms with Gasteiger partial charge in [-0.05, 0) is 35.4 Å². The average Bonchev–Trinajstić information content (AvgIpc) is 3.40. The third-order valence-corrected chi connectivity index (χ3v) is 5.03. The molecule has 2 aromatic carbocycles. The van der Waals surface area contributed by atoms with Gasteiger partial charge in [0.25, 0.3) is 11.8 Å². The van der Waals surface area contributed by atoms with Gasteiger partial charge in [-0.2, -0.15) is 5.10 Å². The van der Waals surface area contributed by atoms with E-state index in [1.54, 1.807) is 27.9 Å². The Labute approximate surface area is 176 Å². The van der Waals surface area contributed by atoms with Crippen molar-refractivity contribution in [1.29, 1.82) is 0 Å². The van der Waals surface area contributed by atoms with Gasteiger partial charge in [0.1, 0.15) is 11.6 Å². The summed E-state index contributed by atoms with van der Waals surface area (Å²) in [5.74, 6) is -2.14. The summed E-state index contributed by atoms with van der Waals surface area (Å²) < 4.78 is 34.3. The smallest absolute Gasteiger partial charge is 0.258 e. The summed E-state index contributed by atoms with van der Waals surface area (Å²) in [6.07, 6.45) is 4.43. The molecule has 3 heterocycles. The van der Waals surface area contributed by atoms with E-state index in [1.165, 1.54) is 0 Å². The molecule has 4 aromatic rings. The average molecular weight is 418 g/mol. The molecule has 0 unspecified atom stereocenters. The van der Waals surface area contributed by atoms with Crippen LogP contribution >= 0.6 is 0 Å². The molecule has 0 N–H and O–H groups in total. The summed E-state index contributed by atoms with van der Waals surface area (Å²) in [4.78, 5) is 18.4. The van der Waals surface area contributed by atoms with Gasteiger partial charge in [0.2, 0.25) is 0 Å². The summed E-state index contributed by atoms with van der Waals surface area (Å²) in [6, 6.07) is 15.4. The van der Waals surface area contributed by atoms with E-state index in [0.717, 1.165) is 23.0 Å². The molecule has 0 spiro atoms. The maximum Gasteiger partial charge on any atom is 0.258 e. The Hall–Kier alpha value is -4.07. The zero-order valence-corrected chi connectivity index (χ0v) is 16.2. The van der Waals surface area contributed by atoms with Crippen LogP contribution in [0.4, 0.5) is 8.78 Å². The summed E-state index contributed by atoms with van der Waals surface area (Å²) in [5, 5.41) is 4.20. The molecule has 0 radical (unpaired) electrons. The van der Waals surface area contributed by atoms with Crippen molar-refractivity contribution in [2.24, 2.45) is 0 Å². The summed E-state index contributed by atoms with van der Waals surface area (Å²) in [7, 11) is 0. The Morgan fingerprint density at radius 1 is 1.06 bits per heavy atom. The molecular formula is C23H16F2N4O2. The van der Waals surface area contributed by atoms with Gasteiger partial charge >= 0.3 is 0 Å². The first-order chi connectivity index (χ1) is 15.1. The SMILES string of the molecule is O=C1c2c(cccc2Oc2ncc(F)cc2F)CN1Cc1ccc(-n2cccn2)cc1. The second kappa shape index (κ2) is 7.64. The van der Waals surface area contributed by atoms with Crippen LogP contribution in [0.2, 0.25) is 0 Å². The fraction of sp³-hybridized carbons (Fsp3) is 0.0870. The lowest BCUT2D eigenvalue weighted by Gasteiger charge is -2.16. The van der Waals surface area contributed by atoms with Crippen LogP contribution in [0.25, 0.3) is 5.69 Å². The highest BCUT2D eigenvalue weighted by atomic mass is 19.1. The molecule has 0 aliphatic carbocycles. The number of halogens is 2. The molecule has 1 amide bonds. The van der Waals surface area contributed by atoms with Crippen molar-refractivity contribution in [3.05, 3.63) is 102 Å². The quantitative estimate of drug-likeness (QED) is 0.479. The van der Waals surface area contributed by atoms with Crippen LogP contribution in [-0.2, 0) is 13.1 Å². The van der Waals surface area contributed by atoms with Crippen molar-refractivity contribution < 1.29 is 18.3 Å². The van der Waals surface area contributed by atoms with E-state index in [1.807, 2.05) is 42.6 Å². The van der Waals surface area contributed by atoms with Crippen LogP contribution in [0.1, 0.15) is 21.5 Å². The van der Waals surface area contributed by atoms with E-state index in [2.05, 4.69) is 10.1 Å². The second-order valence-corrected chi connectivity index (χ2v) is 7.11. The Morgan fingerprint density at radius 3 is 2.65 bits per heavy atom. The minimum Gasteiger partial charge on any atom is -0.436 e. The molecule has 31 heavy (non-hydrogen) atoms. The third kappa shape index (κ3) is 3.63. The lowest BCUT2D eigenvalue weighted by molar-refractivity contribution is 0.0764. The first-order valence-corrected chi connectivity index (χ1v) is 9.57. The van der Waals surface area contributed by atoms with Crippen molar-refractivity contribution in [3.63, 3.8) is 0 Å². The Kier molecular flexibility index (Phi) is 4.66. The standard InChI is InChI=1S/C23H16F2N4O2/c24-17-11-19(25)22(26-12-17)31-20-4-1-3-16-14-28(23(30)21(16)20)13-15-5-7-18(8-6-15)29-10-2-9-27-29/h1-12H,13-14H2. The molecule has 0 saturated heterocycles. The molecule has 0 saturated carbocycles. The number of fused-ring (bicyclic) bond motifs is 1. The minimum absolute atomic E-state index is 0.192. The number of amides is 1. The van der Waals surface area contributed by atoms with Crippen LogP contribution in [-0.4, -0.2) is 25.6 Å². The van der Waals surface area contributed by atoms with Crippen LogP contribution in [0, 0.1) is 11.6 Å². The number of carbonyl (C=O) groups is 1. The molecule has 0 fully saturated rings. The first-order valence-electron chi connectivity index (χ1n) is 9.57. The predicted octanol–water partition coefficient (Wildman–Crippen LogP) is 4.49. The van der Waals surface area contributed by atoms with Crippen molar-refractivity contribution in [1.82, 2.24) is 19.7 Å². The summed E-state index contributed by atoms with van der Waals surface area (Å²) in [6.45, 7) is 0.821. The highest BCUT2D eigenvalue weighted by molar-refractivity contribution is 6.01. The van der Waals surface area contributed by atoms with Gasteiger partial charge in [-0.15, -0.1) is 0 Å². The van der Waals surface area contributed by atoms with Crippen molar-refractivity contribution in [2.45, 2.75) is 13.1 Å². The number of rotatable bonds is 5. The number of pyridine rings is 1. The highest BCUT2D eigenvalue weighted by Crippen LogP contribution is 2.34. The first kappa shape index (κ1) is 18.9. The van der Waals surface area contributed by atoms with E-state index < -0.39 is 11.6 Å². The fourth-order valence-corrected chi connectivity index (χ4v) is 3.58. The molecule has 1 aliphatic rings. The lowest BCUT2D eigenvalue weighted by atomic mass is 10.1. The van der Waals surface area contributed by atoms with Crippen LogP contribution in [0.5, 0.6) is 11.6 Å². The lowest BCUT2D eigenvalue weighted by Crippen LogP contribution is -2.23. The Balaban J connectivity index is 1.36. The topological polar surface area (TPSA) is 60.2 Å². The van der Waals surface area contributed by atoms with E-state index in [9.17, 15) is 13.6 Å². The Morgan fingerprint density at radius 2 is 1.90 bits per heavy atom. The van der Waals surface area contributed by atoms with E-state index in [-0.39, 0.29) is 17.5 Å². The number of carbonyl (C=O) groups excluding carboxylic acids is 1. The zero-order chi connectivity index (χ0) is 21.4. The highest BCUT2D eigenvalue weighted by Gasteiger charge is 2.31. The number of benzene rings is 2. The van der Waals surface area contributed by atoms with Gasteiger partial charge < -0.3 is 9.64 Å². The number of ether oxygens (including phenoxy) is 1. The summed E-state index contributed by atoms with van der Waals surface area (Å²) >= 11 is 0. The number of nitrogens with zero attached hydrogens (tertiary/aromatic N) is 4. The monoisotopic (exact) mass is 418 g/mol. The van der Waals surface area contributed by atoms with Gasteiger partial charge in [0, 0.05) is 31.5 Å². The summed E-state index contributed by atoms with van der Waals surface area (Å²) in [5.41, 5.74) is 3.03. The van der Waals surface area contributed by atoms with E-state index >= 15 is 0 Å². The number of hydrogen-bond acceptors (Lipinski definition) is 4. The van der Waals surface area contributed by atoms with Gasteiger partial charge in [-0.25, -0.2) is 18.4 Å². The van der Waals surface area contributed by atoms with Crippen LogP contribution in [0.3, 0.4) is 0 Å². The largest absolute Gasteiger partial charge is 0.436 e. The van der Waals surface area contributed by atoms with Crippen molar-refractivity contribution in [3.8, 4) is 17.3 Å². The molecule has 6 nitrogen and oxygen atoms in total. The molecule has 5 rings (SSSR count). The van der Waals surface area contributed by atoms with Gasteiger partial charge in [0.05, 0.1) is 17.4 Å². The number of aromatic nitrogens is 3. The van der Waals surface area contributed by atoms with Crippen LogP contribution < -0.4 is 4.74 Å². The molecule has 1 aliphatic heterocycles. The molecule has 2 aromatic heterocycles. The maximum absolute atomic E-state index is 14.0.